The fourth-order valence-corrected chi connectivity index (χ4v) is 2.93. The van der Waals surface area contributed by atoms with Gasteiger partial charge in [0.2, 0.25) is 0 Å². The minimum atomic E-state index is -0.0554. The highest BCUT2D eigenvalue weighted by Gasteiger charge is 2.32. The molecule has 3 rings (SSSR count). The van der Waals surface area contributed by atoms with Crippen molar-refractivity contribution in [3.63, 3.8) is 0 Å². The molecule has 0 unspecified atom stereocenters. The molecular weight excluding hydrogens is 254 g/mol. The van der Waals surface area contributed by atoms with Crippen molar-refractivity contribution in [2.75, 3.05) is 32.9 Å². The fraction of sp³-hybridized carbons (Fsp3) is 0.714. The number of aromatic nitrogens is 2. The van der Waals surface area contributed by atoms with Gasteiger partial charge in [0.05, 0.1) is 11.4 Å². The largest absolute Gasteiger partial charge is 0.395 e. The Balaban J connectivity index is 1.71. The van der Waals surface area contributed by atoms with Crippen LogP contribution in [0.25, 0.3) is 0 Å². The molecule has 3 N–H and O–H groups in total. The molecule has 110 valence electrons. The predicted molar refractivity (Wildman–Crippen MR) is 77.6 cm³/mol. The fourth-order valence-electron chi connectivity index (χ4n) is 2.93. The van der Waals surface area contributed by atoms with E-state index in [9.17, 15) is 4.79 Å². The first-order valence-corrected chi connectivity index (χ1v) is 7.37. The zero-order chi connectivity index (χ0) is 14.3. The summed E-state index contributed by atoms with van der Waals surface area (Å²) in [5, 5.41) is 7.11. The van der Waals surface area contributed by atoms with Crippen LogP contribution in [0.15, 0.2) is 0 Å². The minimum Gasteiger partial charge on any atom is -0.395 e. The first kappa shape index (κ1) is 13.4. The molecule has 1 saturated carbocycles. The minimum absolute atomic E-state index is 0.0554. The molecule has 6 nitrogen and oxygen atoms in total. The predicted octanol–water partition coefficient (Wildman–Crippen LogP) is 1.04. The Morgan fingerprint density at radius 3 is 2.60 bits per heavy atom. The highest BCUT2D eigenvalue weighted by molar-refractivity contribution is 5.97. The van der Waals surface area contributed by atoms with E-state index in [0.717, 1.165) is 44.5 Å². The molecule has 1 saturated heterocycles. The summed E-state index contributed by atoms with van der Waals surface area (Å²) in [4.78, 5) is 16.7. The molecule has 20 heavy (non-hydrogen) atoms. The highest BCUT2D eigenvalue weighted by atomic mass is 16.2. The van der Waals surface area contributed by atoms with E-state index in [1.807, 2.05) is 11.9 Å². The number of nitrogen functional groups attached to an aromatic ring is 1. The summed E-state index contributed by atoms with van der Waals surface area (Å²) in [5.41, 5.74) is 7.98. The van der Waals surface area contributed by atoms with E-state index < -0.39 is 0 Å². The summed E-state index contributed by atoms with van der Waals surface area (Å²) in [6.45, 7) is 2.07. The Hall–Kier alpha value is -1.56. The van der Waals surface area contributed by atoms with Gasteiger partial charge >= 0.3 is 0 Å². The van der Waals surface area contributed by atoms with Gasteiger partial charge in [-0.15, -0.1) is 0 Å². The molecule has 0 spiro atoms. The average Bonchev–Trinajstić information content (AvgIpc) is 3.21. The number of H-pyrrole nitrogens is 1. The Morgan fingerprint density at radius 2 is 2.00 bits per heavy atom. The Bertz CT molecular complexity index is 500. The third kappa shape index (κ3) is 2.40. The van der Waals surface area contributed by atoms with E-state index in [-0.39, 0.29) is 5.91 Å². The first-order chi connectivity index (χ1) is 9.58. The number of amides is 1. The van der Waals surface area contributed by atoms with Gasteiger partial charge in [-0.2, -0.15) is 5.10 Å². The number of carbonyl (C=O) groups excluding carboxylic acids is 1. The summed E-state index contributed by atoms with van der Waals surface area (Å²) in [7, 11) is 3.98. The van der Waals surface area contributed by atoms with Crippen LogP contribution in [-0.2, 0) is 0 Å². The van der Waals surface area contributed by atoms with Gasteiger partial charge in [-0.3, -0.25) is 9.89 Å². The molecule has 2 aliphatic rings. The molecule has 2 heterocycles. The van der Waals surface area contributed by atoms with Crippen molar-refractivity contribution in [2.24, 2.45) is 0 Å². The summed E-state index contributed by atoms with van der Waals surface area (Å²) in [5.74, 6) is 0.429. The third-order valence-corrected chi connectivity index (χ3v) is 4.58. The number of likely N-dealkylation sites (tertiary alicyclic amines) is 1. The maximum absolute atomic E-state index is 12.6. The quantitative estimate of drug-likeness (QED) is 0.865. The number of hydrogen-bond acceptors (Lipinski definition) is 4. The first-order valence-electron chi connectivity index (χ1n) is 7.37. The van der Waals surface area contributed by atoms with Gasteiger partial charge in [-0.1, -0.05) is 0 Å². The summed E-state index contributed by atoms with van der Waals surface area (Å²) in [6.07, 6.45) is 4.31. The van der Waals surface area contributed by atoms with Crippen LogP contribution >= 0.6 is 0 Å². The molecule has 6 heteroatoms. The lowest BCUT2D eigenvalue weighted by Crippen LogP contribution is -2.44. The van der Waals surface area contributed by atoms with Crippen LogP contribution in [0.1, 0.15) is 47.8 Å². The number of piperidine rings is 1. The number of aromatic amines is 1. The van der Waals surface area contributed by atoms with Gasteiger partial charge in [0.15, 0.2) is 5.69 Å². The van der Waals surface area contributed by atoms with E-state index in [1.165, 1.54) is 0 Å². The molecule has 1 aromatic heterocycles. The van der Waals surface area contributed by atoms with Crippen LogP contribution in [0.4, 0.5) is 5.69 Å². The Labute approximate surface area is 119 Å². The highest BCUT2D eigenvalue weighted by Crippen LogP contribution is 2.42. The van der Waals surface area contributed by atoms with Crippen LogP contribution in [-0.4, -0.2) is 59.1 Å². The van der Waals surface area contributed by atoms with Crippen molar-refractivity contribution in [3.05, 3.63) is 11.4 Å². The van der Waals surface area contributed by atoms with Gasteiger partial charge in [-0.05, 0) is 45.8 Å². The maximum Gasteiger partial charge on any atom is 0.276 e. The van der Waals surface area contributed by atoms with E-state index in [0.29, 0.717) is 23.3 Å². The molecule has 1 amide bonds. The summed E-state index contributed by atoms with van der Waals surface area (Å²) in [6, 6.07) is 0.291. The van der Waals surface area contributed by atoms with Crippen LogP contribution in [0.2, 0.25) is 0 Å². The molecule has 0 atom stereocenters. The topological polar surface area (TPSA) is 78.2 Å². The second-order valence-corrected chi connectivity index (χ2v) is 6.12. The van der Waals surface area contributed by atoms with Crippen LogP contribution in [0.5, 0.6) is 0 Å². The van der Waals surface area contributed by atoms with E-state index in [1.54, 1.807) is 0 Å². The van der Waals surface area contributed by atoms with Crippen molar-refractivity contribution in [1.29, 1.82) is 0 Å². The summed E-state index contributed by atoms with van der Waals surface area (Å²) >= 11 is 0. The van der Waals surface area contributed by atoms with Crippen molar-refractivity contribution in [3.8, 4) is 0 Å². The van der Waals surface area contributed by atoms with Crippen molar-refractivity contribution in [2.45, 2.75) is 37.6 Å². The number of nitrogens with one attached hydrogen (secondary N) is 1. The van der Waals surface area contributed by atoms with Crippen LogP contribution < -0.4 is 5.73 Å². The zero-order valence-electron chi connectivity index (χ0n) is 12.2. The second kappa shape index (κ2) is 5.09. The molecule has 1 aromatic rings. The third-order valence-electron chi connectivity index (χ3n) is 4.58. The molecular formula is C14H23N5O. The lowest BCUT2D eigenvalue weighted by molar-refractivity contribution is 0.0655. The van der Waals surface area contributed by atoms with Crippen molar-refractivity contribution in [1.82, 2.24) is 20.0 Å². The van der Waals surface area contributed by atoms with Gasteiger partial charge in [0.25, 0.3) is 5.91 Å². The average molecular weight is 277 g/mol. The molecule has 1 aliphatic heterocycles. The monoisotopic (exact) mass is 277 g/mol. The molecule has 2 fully saturated rings. The van der Waals surface area contributed by atoms with E-state index in [4.69, 9.17) is 5.73 Å². The van der Waals surface area contributed by atoms with Crippen molar-refractivity contribution < 1.29 is 4.79 Å². The smallest absolute Gasteiger partial charge is 0.276 e. The lowest BCUT2D eigenvalue weighted by atomic mass is 10.0. The number of nitrogens with two attached hydrogens (primary N) is 1. The lowest BCUT2D eigenvalue weighted by Gasteiger charge is -2.34. The normalized spacial score (nSPS) is 21.1. The van der Waals surface area contributed by atoms with E-state index >= 15 is 0 Å². The second-order valence-electron chi connectivity index (χ2n) is 6.12. The van der Waals surface area contributed by atoms with Gasteiger partial charge in [-0.25, -0.2) is 0 Å². The molecule has 1 aliphatic carbocycles. The Kier molecular flexibility index (Phi) is 3.41. The van der Waals surface area contributed by atoms with Crippen LogP contribution in [0.3, 0.4) is 0 Å². The molecule has 0 radical (unpaired) electrons. The van der Waals surface area contributed by atoms with E-state index in [2.05, 4.69) is 22.1 Å². The zero-order valence-corrected chi connectivity index (χ0v) is 12.2. The number of hydrogen-bond donors (Lipinski definition) is 2. The van der Waals surface area contributed by atoms with Gasteiger partial charge in [0, 0.05) is 19.0 Å². The number of carbonyl (C=O) groups is 1. The van der Waals surface area contributed by atoms with Crippen LogP contribution in [0, 0.1) is 0 Å². The Morgan fingerprint density at radius 1 is 1.35 bits per heavy atom. The maximum atomic E-state index is 12.6. The molecule has 0 aromatic carbocycles. The standard InChI is InChI=1S/C14H23N5O/c1-18-7-5-10(6-8-18)19(2)14(20)13-11(15)12(16-17-13)9-3-4-9/h9-10H,3-8,15H2,1-2H3,(H,16,17). The SMILES string of the molecule is CN1CCC(N(C)C(=O)c2n[nH]c(C3CC3)c2N)CC1. The number of anilines is 1. The van der Waals surface area contributed by atoms with Gasteiger partial charge in [0.1, 0.15) is 0 Å². The van der Waals surface area contributed by atoms with Gasteiger partial charge < -0.3 is 15.5 Å². The number of rotatable bonds is 3. The summed E-state index contributed by atoms with van der Waals surface area (Å²) < 4.78 is 0. The molecule has 0 bridgehead atoms. The van der Waals surface area contributed by atoms with Crippen molar-refractivity contribution >= 4 is 11.6 Å². The number of nitrogens with zero attached hydrogens (tertiary/aromatic N) is 3.